The fourth-order valence-corrected chi connectivity index (χ4v) is 3.07. The number of benzene rings is 1. The Hall–Kier alpha value is -0.710. The lowest BCUT2D eigenvalue weighted by molar-refractivity contribution is 0.0950. The van der Waals surface area contributed by atoms with E-state index in [1.165, 1.54) is 12.8 Å². The minimum Gasteiger partial charge on any atom is -0.352 e. The lowest BCUT2D eigenvalue weighted by Crippen LogP contribution is -2.33. The molecule has 1 aromatic carbocycles. The highest BCUT2D eigenvalue weighted by Gasteiger charge is 2.14. The molecule has 0 bridgehead atoms. The van der Waals surface area contributed by atoms with Crippen LogP contribution in [0, 0.1) is 12.8 Å². The van der Waals surface area contributed by atoms with Crippen molar-refractivity contribution < 1.29 is 4.79 Å². The van der Waals surface area contributed by atoms with Crippen molar-refractivity contribution in [2.45, 2.75) is 31.1 Å². The van der Waals surface area contributed by atoms with Crippen LogP contribution in [0.2, 0.25) is 0 Å². The van der Waals surface area contributed by atoms with Crippen molar-refractivity contribution in [1.82, 2.24) is 10.6 Å². The van der Waals surface area contributed by atoms with Crippen LogP contribution in [0.3, 0.4) is 0 Å². The van der Waals surface area contributed by atoms with Gasteiger partial charge in [-0.3, -0.25) is 4.79 Å². The third kappa shape index (κ3) is 5.53. The number of amides is 1. The summed E-state index contributed by atoms with van der Waals surface area (Å²) in [6.07, 6.45) is 5.64. The van der Waals surface area contributed by atoms with Gasteiger partial charge < -0.3 is 10.6 Å². The third-order valence-electron chi connectivity index (χ3n) is 3.93. The zero-order valence-electron chi connectivity index (χ0n) is 12.8. The van der Waals surface area contributed by atoms with E-state index in [1.807, 2.05) is 25.3 Å². The summed E-state index contributed by atoms with van der Waals surface area (Å²) in [7, 11) is 0. The van der Waals surface area contributed by atoms with Gasteiger partial charge in [0, 0.05) is 17.0 Å². The monoisotopic (exact) mass is 328 g/mol. The molecule has 1 aromatic rings. The highest BCUT2D eigenvalue weighted by atomic mass is 35.5. The molecule has 1 heterocycles. The average molecular weight is 329 g/mol. The second-order valence-electron chi connectivity index (χ2n) is 5.44. The first-order chi connectivity index (χ1) is 9.70. The first-order valence-electron chi connectivity index (χ1n) is 7.34. The number of carbonyl (C=O) groups excluding carboxylic acids is 1. The molecule has 5 heteroatoms. The number of carbonyl (C=O) groups is 1. The Morgan fingerprint density at radius 2 is 2.29 bits per heavy atom. The standard InChI is InChI=1S/C16H24N2OS.ClH/c1-12-5-6-14(20-2)10-15(12)16(19)18-9-7-13-4-3-8-17-11-13;/h5-6,10,13,17H,3-4,7-9,11H2,1-2H3,(H,18,19);1H. The normalized spacial score (nSPS) is 17.9. The van der Waals surface area contributed by atoms with Crippen molar-refractivity contribution in [3.63, 3.8) is 0 Å². The molecular weight excluding hydrogens is 304 g/mol. The van der Waals surface area contributed by atoms with Gasteiger partial charge in [0.05, 0.1) is 0 Å². The summed E-state index contributed by atoms with van der Waals surface area (Å²) in [4.78, 5) is 13.4. The summed E-state index contributed by atoms with van der Waals surface area (Å²) in [5, 5.41) is 6.48. The quantitative estimate of drug-likeness (QED) is 0.815. The molecule has 1 aliphatic heterocycles. The lowest BCUT2D eigenvalue weighted by Gasteiger charge is -2.22. The van der Waals surface area contributed by atoms with Crippen molar-refractivity contribution in [3.8, 4) is 0 Å². The number of hydrogen-bond donors (Lipinski definition) is 2. The highest BCUT2D eigenvalue weighted by Crippen LogP contribution is 2.19. The van der Waals surface area contributed by atoms with Crippen LogP contribution < -0.4 is 10.6 Å². The summed E-state index contributed by atoms with van der Waals surface area (Å²) in [6.45, 7) is 5.00. The number of nitrogens with one attached hydrogen (secondary N) is 2. The molecule has 0 aromatic heterocycles. The zero-order valence-corrected chi connectivity index (χ0v) is 14.4. The molecule has 0 radical (unpaired) electrons. The molecule has 1 unspecified atom stereocenters. The van der Waals surface area contributed by atoms with E-state index in [4.69, 9.17) is 0 Å². The second-order valence-corrected chi connectivity index (χ2v) is 6.32. The van der Waals surface area contributed by atoms with Crippen molar-refractivity contribution in [1.29, 1.82) is 0 Å². The molecule has 21 heavy (non-hydrogen) atoms. The van der Waals surface area contributed by atoms with E-state index in [0.29, 0.717) is 5.92 Å². The maximum atomic E-state index is 12.2. The Morgan fingerprint density at radius 3 is 2.95 bits per heavy atom. The molecule has 1 aliphatic rings. The summed E-state index contributed by atoms with van der Waals surface area (Å²) in [5.41, 5.74) is 1.85. The van der Waals surface area contributed by atoms with Crippen molar-refractivity contribution >= 4 is 30.1 Å². The minimum atomic E-state index is 0. The molecule has 118 valence electrons. The number of aryl methyl sites for hydroxylation is 1. The van der Waals surface area contributed by atoms with Gasteiger partial charge in [-0.05, 0) is 69.1 Å². The van der Waals surface area contributed by atoms with Crippen LogP contribution in [-0.2, 0) is 0 Å². The largest absolute Gasteiger partial charge is 0.352 e. The van der Waals surface area contributed by atoms with Crippen molar-refractivity contribution in [2.24, 2.45) is 5.92 Å². The van der Waals surface area contributed by atoms with Gasteiger partial charge >= 0.3 is 0 Å². The fraction of sp³-hybridized carbons (Fsp3) is 0.562. The average Bonchev–Trinajstić information content (AvgIpc) is 2.48. The lowest BCUT2D eigenvalue weighted by atomic mass is 9.96. The number of rotatable bonds is 5. The number of hydrogen-bond acceptors (Lipinski definition) is 3. The van der Waals surface area contributed by atoms with E-state index < -0.39 is 0 Å². The molecule has 0 saturated carbocycles. The predicted molar refractivity (Wildman–Crippen MR) is 92.8 cm³/mol. The van der Waals surface area contributed by atoms with Crippen LogP contribution in [0.5, 0.6) is 0 Å². The molecule has 2 N–H and O–H groups in total. The van der Waals surface area contributed by atoms with Gasteiger partial charge in [-0.1, -0.05) is 6.07 Å². The Bertz CT molecular complexity index is 462. The summed E-state index contributed by atoms with van der Waals surface area (Å²) in [5.74, 6) is 0.768. The molecular formula is C16H25ClN2OS. The number of halogens is 1. The number of piperidine rings is 1. The first-order valence-corrected chi connectivity index (χ1v) is 8.56. The van der Waals surface area contributed by atoms with E-state index >= 15 is 0 Å². The van der Waals surface area contributed by atoms with Crippen LogP contribution in [0.25, 0.3) is 0 Å². The van der Waals surface area contributed by atoms with E-state index in [1.54, 1.807) is 11.8 Å². The Morgan fingerprint density at radius 1 is 1.48 bits per heavy atom. The van der Waals surface area contributed by atoms with Crippen molar-refractivity contribution in [2.75, 3.05) is 25.9 Å². The van der Waals surface area contributed by atoms with Gasteiger partial charge in [0.15, 0.2) is 0 Å². The van der Waals surface area contributed by atoms with Crippen LogP contribution in [0.1, 0.15) is 35.2 Å². The second kappa shape index (κ2) is 9.34. The maximum Gasteiger partial charge on any atom is 0.251 e. The summed E-state index contributed by atoms with van der Waals surface area (Å²) in [6, 6.07) is 6.06. The minimum absolute atomic E-state index is 0. The highest BCUT2D eigenvalue weighted by molar-refractivity contribution is 7.98. The molecule has 2 rings (SSSR count). The Labute approximate surface area is 138 Å². The Kier molecular flexibility index (Phi) is 8.15. The fourth-order valence-electron chi connectivity index (χ4n) is 2.63. The molecule has 1 fully saturated rings. The predicted octanol–water partition coefficient (Wildman–Crippen LogP) is 3.26. The van der Waals surface area contributed by atoms with E-state index in [0.717, 1.165) is 42.1 Å². The summed E-state index contributed by atoms with van der Waals surface area (Å²) < 4.78 is 0. The van der Waals surface area contributed by atoms with Crippen LogP contribution in [0.4, 0.5) is 0 Å². The van der Waals surface area contributed by atoms with Gasteiger partial charge in [0.25, 0.3) is 5.91 Å². The van der Waals surface area contributed by atoms with E-state index in [2.05, 4.69) is 16.7 Å². The van der Waals surface area contributed by atoms with Gasteiger partial charge in [0.2, 0.25) is 0 Å². The molecule has 1 saturated heterocycles. The van der Waals surface area contributed by atoms with E-state index in [9.17, 15) is 4.79 Å². The molecule has 1 atom stereocenters. The molecule has 1 amide bonds. The maximum absolute atomic E-state index is 12.2. The molecule has 0 spiro atoms. The molecule has 0 aliphatic carbocycles. The molecule has 3 nitrogen and oxygen atoms in total. The zero-order chi connectivity index (χ0) is 14.4. The first kappa shape index (κ1) is 18.3. The van der Waals surface area contributed by atoms with Crippen LogP contribution in [-0.4, -0.2) is 31.8 Å². The van der Waals surface area contributed by atoms with Gasteiger partial charge in [0.1, 0.15) is 0 Å². The third-order valence-corrected chi connectivity index (χ3v) is 4.65. The van der Waals surface area contributed by atoms with Gasteiger partial charge in [-0.2, -0.15) is 0 Å². The van der Waals surface area contributed by atoms with Gasteiger partial charge in [-0.25, -0.2) is 0 Å². The SMILES string of the molecule is CSc1ccc(C)c(C(=O)NCCC2CCCNC2)c1.Cl. The Balaban J connectivity index is 0.00000220. The smallest absolute Gasteiger partial charge is 0.251 e. The van der Waals surface area contributed by atoms with Crippen molar-refractivity contribution in [3.05, 3.63) is 29.3 Å². The van der Waals surface area contributed by atoms with Gasteiger partial charge in [-0.15, -0.1) is 24.2 Å². The number of thioether (sulfide) groups is 1. The van der Waals surface area contributed by atoms with E-state index in [-0.39, 0.29) is 18.3 Å². The topological polar surface area (TPSA) is 41.1 Å². The summed E-state index contributed by atoms with van der Waals surface area (Å²) >= 11 is 1.67. The van der Waals surface area contributed by atoms with Crippen LogP contribution >= 0.6 is 24.2 Å². The van der Waals surface area contributed by atoms with Crippen LogP contribution in [0.15, 0.2) is 23.1 Å².